The first-order valence-electron chi connectivity index (χ1n) is 9.33. The molecule has 0 aliphatic rings. The molecule has 0 radical (unpaired) electrons. The Kier molecular flexibility index (Phi) is 6.68. The van der Waals surface area contributed by atoms with Crippen molar-refractivity contribution in [2.75, 3.05) is 17.2 Å². The summed E-state index contributed by atoms with van der Waals surface area (Å²) in [7, 11) is 1.90. The van der Waals surface area contributed by atoms with Gasteiger partial charge in [0.1, 0.15) is 0 Å². The molecule has 1 heterocycles. The molecule has 7 heteroatoms. The van der Waals surface area contributed by atoms with E-state index in [1.165, 1.54) is 11.8 Å². The van der Waals surface area contributed by atoms with E-state index < -0.39 is 0 Å². The zero-order valence-electron chi connectivity index (χ0n) is 16.8. The van der Waals surface area contributed by atoms with Gasteiger partial charge in [-0.3, -0.25) is 4.79 Å². The van der Waals surface area contributed by atoms with E-state index in [9.17, 15) is 4.79 Å². The Morgan fingerprint density at radius 1 is 1.14 bits per heavy atom. The number of anilines is 1. The predicted octanol–water partition coefficient (Wildman–Crippen LogP) is 4.14. The Bertz CT molecular complexity index is 1020. The minimum atomic E-state index is -0.0560. The first-order chi connectivity index (χ1) is 14.0. The Labute approximate surface area is 175 Å². The quantitative estimate of drug-likeness (QED) is 0.552. The van der Waals surface area contributed by atoms with Crippen LogP contribution < -0.4 is 4.90 Å². The van der Waals surface area contributed by atoms with Crippen molar-refractivity contribution in [2.24, 2.45) is 7.05 Å². The number of aromatic nitrogens is 3. The summed E-state index contributed by atoms with van der Waals surface area (Å²) >= 11 is 1.35. The van der Waals surface area contributed by atoms with Crippen molar-refractivity contribution < 1.29 is 4.79 Å². The van der Waals surface area contributed by atoms with Gasteiger partial charge in [0, 0.05) is 24.8 Å². The van der Waals surface area contributed by atoms with E-state index in [2.05, 4.69) is 22.3 Å². The highest BCUT2D eigenvalue weighted by Crippen LogP contribution is 2.24. The third-order valence-corrected chi connectivity index (χ3v) is 5.46. The van der Waals surface area contributed by atoms with E-state index in [4.69, 9.17) is 5.26 Å². The van der Waals surface area contributed by atoms with Crippen LogP contribution in [0.15, 0.2) is 53.7 Å². The van der Waals surface area contributed by atoms with Crippen LogP contribution in [0.2, 0.25) is 0 Å². The fraction of sp³-hybridized carbons (Fsp3) is 0.273. The summed E-state index contributed by atoms with van der Waals surface area (Å²) in [5.41, 5.74) is 3.98. The second kappa shape index (κ2) is 9.39. The molecule has 6 nitrogen and oxygen atoms in total. The van der Waals surface area contributed by atoms with Crippen LogP contribution >= 0.6 is 11.8 Å². The van der Waals surface area contributed by atoms with Gasteiger partial charge in [0.05, 0.1) is 18.2 Å². The van der Waals surface area contributed by atoms with Gasteiger partial charge in [0.25, 0.3) is 0 Å². The number of aryl methyl sites for hydroxylation is 2. The van der Waals surface area contributed by atoms with Crippen LogP contribution in [0, 0.1) is 25.2 Å². The zero-order chi connectivity index (χ0) is 20.8. The first-order valence-corrected chi connectivity index (χ1v) is 10.3. The van der Waals surface area contributed by atoms with Gasteiger partial charge in [-0.2, -0.15) is 5.26 Å². The highest BCUT2D eigenvalue weighted by atomic mass is 32.2. The molecule has 3 rings (SSSR count). The lowest BCUT2D eigenvalue weighted by atomic mass is 10.1. The van der Waals surface area contributed by atoms with Gasteiger partial charge in [0.2, 0.25) is 5.91 Å². The zero-order valence-corrected chi connectivity index (χ0v) is 17.6. The molecule has 1 amide bonds. The summed E-state index contributed by atoms with van der Waals surface area (Å²) in [6, 6.07) is 18.0. The average molecular weight is 406 g/mol. The van der Waals surface area contributed by atoms with Crippen LogP contribution in [0.3, 0.4) is 0 Å². The lowest BCUT2D eigenvalue weighted by molar-refractivity contribution is -0.116. The maximum Gasteiger partial charge on any atom is 0.237 e. The summed E-state index contributed by atoms with van der Waals surface area (Å²) in [5.74, 6) is 0.926. The van der Waals surface area contributed by atoms with Crippen molar-refractivity contribution in [3.63, 3.8) is 0 Å². The van der Waals surface area contributed by atoms with E-state index in [0.29, 0.717) is 11.7 Å². The van der Waals surface area contributed by atoms with Crippen molar-refractivity contribution in [1.29, 1.82) is 5.26 Å². The number of amides is 1. The summed E-state index contributed by atoms with van der Waals surface area (Å²) in [5, 5.41) is 18.2. The van der Waals surface area contributed by atoms with Crippen LogP contribution in [-0.2, 0) is 11.8 Å². The fourth-order valence-electron chi connectivity index (χ4n) is 3.15. The van der Waals surface area contributed by atoms with Crippen LogP contribution in [0.25, 0.3) is 11.4 Å². The van der Waals surface area contributed by atoms with Gasteiger partial charge >= 0.3 is 0 Å². The highest BCUT2D eigenvalue weighted by Gasteiger charge is 2.19. The SMILES string of the molecule is Cc1cc(C)cc(N(CCC#N)C(=O)CSc2nnc(-c3ccccc3)n2C)c1. The van der Waals surface area contributed by atoms with Crippen molar-refractivity contribution in [1.82, 2.24) is 14.8 Å². The molecule has 2 aromatic carbocycles. The van der Waals surface area contributed by atoms with E-state index >= 15 is 0 Å². The van der Waals surface area contributed by atoms with Crippen molar-refractivity contribution >= 4 is 23.4 Å². The smallest absolute Gasteiger partial charge is 0.237 e. The number of nitrogens with zero attached hydrogens (tertiary/aromatic N) is 5. The maximum atomic E-state index is 13.0. The number of rotatable bonds is 7. The number of hydrogen-bond acceptors (Lipinski definition) is 5. The molecule has 0 unspecified atom stereocenters. The van der Waals surface area contributed by atoms with Crippen LogP contribution in [0.1, 0.15) is 17.5 Å². The van der Waals surface area contributed by atoms with E-state index in [-0.39, 0.29) is 18.1 Å². The Morgan fingerprint density at radius 2 is 1.83 bits per heavy atom. The standard InChI is InChI=1S/C22H23N5OS/c1-16-12-17(2)14-19(13-16)27(11-7-10-23)20(28)15-29-22-25-24-21(26(22)3)18-8-5-4-6-9-18/h4-6,8-9,12-14H,7,11,15H2,1-3H3. The third kappa shape index (κ3) is 5.04. The van der Waals surface area contributed by atoms with Crippen LogP contribution in [-0.4, -0.2) is 33.0 Å². The molecule has 0 N–H and O–H groups in total. The summed E-state index contributed by atoms with van der Waals surface area (Å²) in [6.07, 6.45) is 0.283. The summed E-state index contributed by atoms with van der Waals surface area (Å²) in [4.78, 5) is 14.7. The van der Waals surface area contributed by atoms with E-state index in [1.54, 1.807) is 4.90 Å². The Balaban J connectivity index is 1.75. The molecule has 29 heavy (non-hydrogen) atoms. The molecule has 0 saturated carbocycles. The highest BCUT2D eigenvalue weighted by molar-refractivity contribution is 7.99. The Hall–Kier alpha value is -3.11. The summed E-state index contributed by atoms with van der Waals surface area (Å²) in [6.45, 7) is 4.37. The monoisotopic (exact) mass is 405 g/mol. The molecule has 148 valence electrons. The summed E-state index contributed by atoms with van der Waals surface area (Å²) < 4.78 is 1.89. The molecule has 0 aliphatic carbocycles. The number of benzene rings is 2. The molecular weight excluding hydrogens is 382 g/mol. The van der Waals surface area contributed by atoms with Crippen molar-refractivity contribution in [3.8, 4) is 17.5 Å². The number of nitriles is 1. The molecule has 0 spiro atoms. The number of hydrogen-bond donors (Lipinski definition) is 0. The minimum absolute atomic E-state index is 0.0560. The van der Waals surface area contributed by atoms with Gasteiger partial charge < -0.3 is 9.47 Å². The second-order valence-electron chi connectivity index (χ2n) is 6.82. The lowest BCUT2D eigenvalue weighted by Crippen LogP contribution is -2.33. The van der Waals surface area contributed by atoms with Gasteiger partial charge in [0.15, 0.2) is 11.0 Å². The number of carbonyl (C=O) groups is 1. The molecule has 0 aliphatic heterocycles. The fourth-order valence-corrected chi connectivity index (χ4v) is 3.94. The average Bonchev–Trinajstić information content (AvgIpc) is 3.07. The van der Waals surface area contributed by atoms with E-state index in [0.717, 1.165) is 28.2 Å². The number of thioether (sulfide) groups is 1. The number of carbonyl (C=O) groups excluding carboxylic acids is 1. The second-order valence-corrected chi connectivity index (χ2v) is 7.76. The topological polar surface area (TPSA) is 74.8 Å². The lowest BCUT2D eigenvalue weighted by Gasteiger charge is -2.22. The molecule has 0 bridgehead atoms. The first kappa shape index (κ1) is 20.6. The predicted molar refractivity (Wildman–Crippen MR) is 116 cm³/mol. The van der Waals surface area contributed by atoms with E-state index in [1.807, 2.05) is 67.9 Å². The van der Waals surface area contributed by atoms with Crippen molar-refractivity contribution in [2.45, 2.75) is 25.4 Å². The van der Waals surface area contributed by atoms with Gasteiger partial charge in [-0.05, 0) is 37.1 Å². The normalized spacial score (nSPS) is 10.6. The third-order valence-electron chi connectivity index (χ3n) is 4.46. The van der Waals surface area contributed by atoms with Gasteiger partial charge in [-0.15, -0.1) is 10.2 Å². The van der Waals surface area contributed by atoms with Crippen LogP contribution in [0.5, 0.6) is 0 Å². The van der Waals surface area contributed by atoms with Crippen molar-refractivity contribution in [3.05, 3.63) is 59.7 Å². The molecule has 0 atom stereocenters. The van der Waals surface area contributed by atoms with Crippen LogP contribution in [0.4, 0.5) is 5.69 Å². The van der Waals surface area contributed by atoms with Gasteiger partial charge in [-0.25, -0.2) is 0 Å². The Morgan fingerprint density at radius 3 is 2.48 bits per heavy atom. The molecule has 0 fully saturated rings. The largest absolute Gasteiger partial charge is 0.311 e. The molecule has 3 aromatic rings. The van der Waals surface area contributed by atoms with Gasteiger partial charge in [-0.1, -0.05) is 48.2 Å². The molecule has 1 aromatic heterocycles. The molecule has 0 saturated heterocycles. The minimum Gasteiger partial charge on any atom is -0.311 e. The molecular formula is C22H23N5OS. The maximum absolute atomic E-state index is 13.0.